The molecule has 2 N–H and O–H groups in total. The summed E-state index contributed by atoms with van der Waals surface area (Å²) in [7, 11) is 0. The summed E-state index contributed by atoms with van der Waals surface area (Å²) in [5.41, 5.74) is 1.09. The molecular formula is C14H21N3O3. The molecule has 0 bridgehead atoms. The van der Waals surface area contributed by atoms with Gasteiger partial charge in [-0.2, -0.15) is 5.10 Å². The molecule has 6 nitrogen and oxygen atoms in total. The van der Waals surface area contributed by atoms with E-state index >= 15 is 0 Å². The summed E-state index contributed by atoms with van der Waals surface area (Å²) in [5.74, 6) is -0.316. The minimum atomic E-state index is -0.797. The summed E-state index contributed by atoms with van der Waals surface area (Å²) in [6.07, 6.45) is 5.62. The normalized spacial score (nSPS) is 19.0. The number of unbranched alkanes of at least 4 members (excludes halogenated alkanes) is 1. The van der Waals surface area contributed by atoms with Gasteiger partial charge in [-0.05, 0) is 31.7 Å². The van der Waals surface area contributed by atoms with Gasteiger partial charge in [0.15, 0.2) is 0 Å². The van der Waals surface area contributed by atoms with Crippen molar-refractivity contribution in [2.45, 2.75) is 44.4 Å². The maximum atomic E-state index is 12.1. The zero-order chi connectivity index (χ0) is 14.4. The highest BCUT2D eigenvalue weighted by molar-refractivity contribution is 5.76. The molecule has 1 aliphatic heterocycles. The molecule has 1 amide bonds. The van der Waals surface area contributed by atoms with Crippen LogP contribution in [0, 0.1) is 0 Å². The van der Waals surface area contributed by atoms with Crippen molar-refractivity contribution in [3.8, 4) is 0 Å². The molecule has 6 heteroatoms. The third-order valence-electron chi connectivity index (χ3n) is 3.77. The van der Waals surface area contributed by atoms with Gasteiger partial charge in [0.1, 0.15) is 0 Å². The first-order valence-corrected chi connectivity index (χ1v) is 7.15. The van der Waals surface area contributed by atoms with Crippen molar-refractivity contribution in [2.75, 3.05) is 13.1 Å². The van der Waals surface area contributed by atoms with Gasteiger partial charge in [-0.25, -0.2) is 0 Å². The van der Waals surface area contributed by atoms with E-state index in [1.165, 1.54) is 0 Å². The summed E-state index contributed by atoms with van der Waals surface area (Å²) in [4.78, 5) is 24.4. The second kappa shape index (κ2) is 7.07. The van der Waals surface area contributed by atoms with E-state index in [1.54, 1.807) is 6.20 Å². The van der Waals surface area contributed by atoms with E-state index in [0.717, 1.165) is 31.6 Å². The molecule has 110 valence electrons. The number of carboxylic acids is 1. The first-order valence-electron chi connectivity index (χ1n) is 7.15. The number of likely N-dealkylation sites (tertiary alicyclic amines) is 1. The van der Waals surface area contributed by atoms with Gasteiger partial charge >= 0.3 is 5.97 Å². The number of aliphatic carboxylic acids is 1. The van der Waals surface area contributed by atoms with E-state index in [9.17, 15) is 9.59 Å². The van der Waals surface area contributed by atoms with Gasteiger partial charge in [0.2, 0.25) is 5.91 Å². The fourth-order valence-corrected chi connectivity index (χ4v) is 2.66. The summed E-state index contributed by atoms with van der Waals surface area (Å²) >= 11 is 0. The molecule has 1 aromatic rings. The van der Waals surface area contributed by atoms with E-state index < -0.39 is 5.97 Å². The Bertz CT molecular complexity index is 445. The number of hydrogen-bond acceptors (Lipinski definition) is 3. The molecule has 1 unspecified atom stereocenters. The Morgan fingerprint density at radius 1 is 1.40 bits per heavy atom. The van der Waals surface area contributed by atoms with E-state index in [2.05, 4.69) is 10.2 Å². The second-order valence-corrected chi connectivity index (χ2v) is 5.29. The average molecular weight is 279 g/mol. The average Bonchev–Trinajstić information content (AvgIpc) is 2.97. The van der Waals surface area contributed by atoms with Crippen molar-refractivity contribution in [3.63, 3.8) is 0 Å². The van der Waals surface area contributed by atoms with E-state index in [0.29, 0.717) is 25.2 Å². The quantitative estimate of drug-likeness (QED) is 0.777. The van der Waals surface area contributed by atoms with Gasteiger partial charge in [-0.3, -0.25) is 14.7 Å². The fraction of sp³-hybridized carbons (Fsp3) is 0.643. The number of H-pyrrole nitrogens is 1. The SMILES string of the molecule is O=C(O)CCCCC(=O)N1CCCC(c2ccn[nH]2)C1. The standard InChI is InChI=1S/C14H21N3O3/c18-13(5-1-2-6-14(19)20)17-9-3-4-11(10-17)12-7-8-15-16-12/h7-8,11H,1-6,9-10H2,(H,15,16)(H,19,20). The number of carbonyl (C=O) groups excluding carboxylic acids is 1. The van der Waals surface area contributed by atoms with Crippen LogP contribution >= 0.6 is 0 Å². The topological polar surface area (TPSA) is 86.3 Å². The number of aromatic amines is 1. The van der Waals surface area contributed by atoms with Crippen molar-refractivity contribution in [1.29, 1.82) is 0 Å². The fourth-order valence-electron chi connectivity index (χ4n) is 2.66. The number of hydrogen-bond donors (Lipinski definition) is 2. The summed E-state index contributed by atoms with van der Waals surface area (Å²) in [6.45, 7) is 1.54. The van der Waals surface area contributed by atoms with Gasteiger partial charge < -0.3 is 10.0 Å². The lowest BCUT2D eigenvalue weighted by molar-refractivity contribution is -0.137. The Kier molecular flexibility index (Phi) is 5.15. The molecule has 1 atom stereocenters. The van der Waals surface area contributed by atoms with Crippen molar-refractivity contribution in [2.24, 2.45) is 0 Å². The second-order valence-electron chi connectivity index (χ2n) is 5.29. The van der Waals surface area contributed by atoms with E-state index in [4.69, 9.17) is 5.11 Å². The number of rotatable bonds is 6. The highest BCUT2D eigenvalue weighted by atomic mass is 16.4. The minimum absolute atomic E-state index is 0.139. The van der Waals surface area contributed by atoms with Crippen molar-refractivity contribution in [1.82, 2.24) is 15.1 Å². The van der Waals surface area contributed by atoms with Crippen LogP contribution in [-0.4, -0.2) is 45.2 Å². The van der Waals surface area contributed by atoms with Crippen molar-refractivity contribution < 1.29 is 14.7 Å². The first-order chi connectivity index (χ1) is 9.66. The Morgan fingerprint density at radius 2 is 2.20 bits per heavy atom. The maximum Gasteiger partial charge on any atom is 0.303 e. The zero-order valence-electron chi connectivity index (χ0n) is 11.5. The molecule has 1 saturated heterocycles. The number of carbonyl (C=O) groups is 2. The number of piperidine rings is 1. The van der Waals surface area contributed by atoms with Crippen LogP contribution in [0.2, 0.25) is 0 Å². The number of aromatic nitrogens is 2. The number of nitrogens with one attached hydrogen (secondary N) is 1. The highest BCUT2D eigenvalue weighted by Gasteiger charge is 2.25. The van der Waals surface area contributed by atoms with Gasteiger partial charge in [-0.1, -0.05) is 0 Å². The van der Waals surface area contributed by atoms with E-state index in [-0.39, 0.29) is 12.3 Å². The van der Waals surface area contributed by atoms with Crippen LogP contribution in [0.5, 0.6) is 0 Å². The lowest BCUT2D eigenvalue weighted by Crippen LogP contribution is -2.39. The first kappa shape index (κ1) is 14.6. The van der Waals surface area contributed by atoms with Gasteiger partial charge in [-0.15, -0.1) is 0 Å². The molecule has 0 spiro atoms. The van der Waals surface area contributed by atoms with Gasteiger partial charge in [0.05, 0.1) is 0 Å². The monoisotopic (exact) mass is 279 g/mol. The largest absolute Gasteiger partial charge is 0.481 e. The molecule has 0 saturated carbocycles. The third-order valence-corrected chi connectivity index (χ3v) is 3.77. The molecule has 1 fully saturated rings. The minimum Gasteiger partial charge on any atom is -0.481 e. The molecule has 1 aromatic heterocycles. The molecule has 0 aliphatic carbocycles. The van der Waals surface area contributed by atoms with Crippen molar-refractivity contribution in [3.05, 3.63) is 18.0 Å². The Labute approximate surface area is 118 Å². The van der Waals surface area contributed by atoms with Crippen LogP contribution < -0.4 is 0 Å². The third kappa shape index (κ3) is 4.08. The maximum absolute atomic E-state index is 12.1. The molecule has 20 heavy (non-hydrogen) atoms. The Morgan fingerprint density at radius 3 is 2.90 bits per heavy atom. The number of carboxylic acid groups (broad SMARTS) is 1. The number of nitrogens with zero attached hydrogens (tertiary/aromatic N) is 2. The highest BCUT2D eigenvalue weighted by Crippen LogP contribution is 2.25. The summed E-state index contributed by atoms with van der Waals surface area (Å²) < 4.78 is 0. The lowest BCUT2D eigenvalue weighted by Gasteiger charge is -2.32. The molecule has 2 heterocycles. The predicted molar refractivity (Wildman–Crippen MR) is 73.2 cm³/mol. The summed E-state index contributed by atoms with van der Waals surface area (Å²) in [5, 5.41) is 15.5. The van der Waals surface area contributed by atoms with Crippen LogP contribution in [-0.2, 0) is 9.59 Å². The van der Waals surface area contributed by atoms with Crippen LogP contribution in [0.1, 0.15) is 50.1 Å². The van der Waals surface area contributed by atoms with E-state index in [1.807, 2.05) is 11.0 Å². The number of amides is 1. The molecule has 0 radical (unpaired) electrons. The predicted octanol–water partition coefficient (Wildman–Crippen LogP) is 1.76. The molecule has 0 aromatic carbocycles. The smallest absolute Gasteiger partial charge is 0.303 e. The van der Waals surface area contributed by atoms with Gasteiger partial charge in [0, 0.05) is 43.7 Å². The Balaban J connectivity index is 1.77. The van der Waals surface area contributed by atoms with Crippen LogP contribution in [0.4, 0.5) is 0 Å². The van der Waals surface area contributed by atoms with Crippen LogP contribution in [0.3, 0.4) is 0 Å². The zero-order valence-corrected chi connectivity index (χ0v) is 11.5. The molecular weight excluding hydrogens is 258 g/mol. The van der Waals surface area contributed by atoms with Crippen LogP contribution in [0.25, 0.3) is 0 Å². The van der Waals surface area contributed by atoms with Gasteiger partial charge in [0.25, 0.3) is 0 Å². The Hall–Kier alpha value is -1.85. The lowest BCUT2D eigenvalue weighted by atomic mass is 9.94. The summed E-state index contributed by atoms with van der Waals surface area (Å²) in [6, 6.07) is 1.96. The molecule has 2 rings (SSSR count). The van der Waals surface area contributed by atoms with Crippen molar-refractivity contribution >= 4 is 11.9 Å². The molecule has 1 aliphatic rings. The van der Waals surface area contributed by atoms with Crippen LogP contribution in [0.15, 0.2) is 12.3 Å².